The second-order valence-corrected chi connectivity index (χ2v) is 5.69. The van der Waals surface area contributed by atoms with Crippen LogP contribution in [0, 0.1) is 11.3 Å². The van der Waals surface area contributed by atoms with Crippen molar-refractivity contribution in [3.05, 3.63) is 55.4 Å². The third-order valence-electron chi connectivity index (χ3n) is 2.26. The van der Waals surface area contributed by atoms with Gasteiger partial charge < -0.3 is 4.74 Å². The summed E-state index contributed by atoms with van der Waals surface area (Å²) in [6.07, 6.45) is 0. The molecule has 0 aliphatic carbocycles. The monoisotopic (exact) mass is 375 g/mol. The highest BCUT2D eigenvalue weighted by Gasteiger charge is 2.11. The largest absolute Gasteiger partial charge is 0.454 e. The molecule has 0 radical (unpaired) electrons. The molecule has 96 valence electrons. The second-order valence-electron chi connectivity index (χ2n) is 3.55. The summed E-state index contributed by atoms with van der Waals surface area (Å²) in [7, 11) is 0. The predicted molar refractivity (Wildman–Crippen MR) is 80.4 cm³/mol. The van der Waals surface area contributed by atoms with Crippen molar-refractivity contribution in [2.75, 3.05) is 0 Å². The van der Waals surface area contributed by atoms with Gasteiger partial charge in [0.05, 0.1) is 20.6 Å². The van der Waals surface area contributed by atoms with Crippen LogP contribution in [-0.2, 0) is 0 Å². The topological polar surface area (TPSA) is 33.0 Å². The Bertz CT molecular complexity index is 682. The Morgan fingerprint density at radius 2 is 1.63 bits per heavy atom. The van der Waals surface area contributed by atoms with E-state index in [1.807, 2.05) is 6.07 Å². The van der Waals surface area contributed by atoms with E-state index in [0.717, 1.165) is 4.47 Å². The predicted octanol–water partition coefficient (Wildman–Crippen LogP) is 6.07. The molecule has 0 N–H and O–H groups in total. The molecule has 0 saturated heterocycles. The maximum Gasteiger partial charge on any atom is 0.147 e. The van der Waals surface area contributed by atoms with Crippen LogP contribution in [0.4, 0.5) is 0 Å². The SMILES string of the molecule is N#Cc1ccc(Br)cc1Oc1cc(Cl)c(Cl)cc1Cl. The molecule has 2 aromatic carbocycles. The van der Waals surface area contributed by atoms with E-state index in [1.165, 1.54) is 12.1 Å². The van der Waals surface area contributed by atoms with Crippen LogP contribution in [-0.4, -0.2) is 0 Å². The fraction of sp³-hybridized carbons (Fsp3) is 0. The number of hydrogen-bond donors (Lipinski definition) is 0. The van der Waals surface area contributed by atoms with E-state index in [2.05, 4.69) is 15.9 Å². The Kier molecular flexibility index (Phi) is 4.59. The molecule has 0 heterocycles. The molecule has 19 heavy (non-hydrogen) atoms. The number of halogens is 4. The van der Waals surface area contributed by atoms with Gasteiger partial charge in [0.25, 0.3) is 0 Å². The van der Waals surface area contributed by atoms with Crippen molar-refractivity contribution in [1.82, 2.24) is 0 Å². The van der Waals surface area contributed by atoms with Gasteiger partial charge in [-0.3, -0.25) is 0 Å². The minimum Gasteiger partial charge on any atom is -0.454 e. The Labute approximate surface area is 133 Å². The van der Waals surface area contributed by atoms with E-state index in [0.29, 0.717) is 32.1 Å². The van der Waals surface area contributed by atoms with Crippen molar-refractivity contribution in [2.24, 2.45) is 0 Å². The Balaban J connectivity index is 2.45. The molecular formula is C13H5BrCl3NO. The summed E-state index contributed by atoms with van der Waals surface area (Å²) >= 11 is 21.1. The minimum atomic E-state index is 0.318. The lowest BCUT2D eigenvalue weighted by Crippen LogP contribution is -1.89. The molecule has 0 aromatic heterocycles. The van der Waals surface area contributed by atoms with Crippen molar-refractivity contribution in [2.45, 2.75) is 0 Å². The molecule has 0 bridgehead atoms. The van der Waals surface area contributed by atoms with E-state index in [9.17, 15) is 0 Å². The van der Waals surface area contributed by atoms with E-state index in [1.54, 1.807) is 18.2 Å². The number of benzene rings is 2. The maximum absolute atomic E-state index is 9.03. The zero-order valence-corrected chi connectivity index (χ0v) is 13.1. The Morgan fingerprint density at radius 1 is 0.947 bits per heavy atom. The Morgan fingerprint density at radius 3 is 2.32 bits per heavy atom. The smallest absolute Gasteiger partial charge is 0.147 e. The van der Waals surface area contributed by atoms with Crippen LogP contribution in [0.3, 0.4) is 0 Å². The Hall–Kier alpha value is -0.920. The molecule has 0 aliphatic heterocycles. The zero-order chi connectivity index (χ0) is 14.0. The molecule has 2 nitrogen and oxygen atoms in total. The molecule has 0 aliphatic rings. The van der Waals surface area contributed by atoms with Gasteiger partial charge in [0.1, 0.15) is 17.6 Å². The van der Waals surface area contributed by atoms with Crippen molar-refractivity contribution >= 4 is 50.7 Å². The number of nitriles is 1. The molecule has 0 fully saturated rings. The van der Waals surface area contributed by atoms with Gasteiger partial charge in [0.2, 0.25) is 0 Å². The van der Waals surface area contributed by atoms with Gasteiger partial charge in [0.15, 0.2) is 0 Å². The van der Waals surface area contributed by atoms with Gasteiger partial charge in [0, 0.05) is 10.5 Å². The summed E-state index contributed by atoms with van der Waals surface area (Å²) in [6, 6.07) is 10.1. The highest BCUT2D eigenvalue weighted by Crippen LogP contribution is 2.37. The second kappa shape index (κ2) is 6.02. The van der Waals surface area contributed by atoms with Crippen LogP contribution in [0.1, 0.15) is 5.56 Å². The van der Waals surface area contributed by atoms with E-state index >= 15 is 0 Å². The van der Waals surface area contributed by atoms with Crippen molar-refractivity contribution in [3.63, 3.8) is 0 Å². The number of hydrogen-bond acceptors (Lipinski definition) is 2. The van der Waals surface area contributed by atoms with Gasteiger partial charge >= 0.3 is 0 Å². The quantitative estimate of drug-likeness (QED) is 0.595. The average Bonchev–Trinajstić information content (AvgIpc) is 2.36. The first-order valence-corrected chi connectivity index (χ1v) is 6.96. The van der Waals surface area contributed by atoms with E-state index in [4.69, 9.17) is 44.8 Å². The number of nitrogens with zero attached hydrogens (tertiary/aromatic N) is 1. The average molecular weight is 377 g/mol. The van der Waals surface area contributed by atoms with Gasteiger partial charge in [-0.2, -0.15) is 5.26 Å². The van der Waals surface area contributed by atoms with E-state index in [-0.39, 0.29) is 0 Å². The van der Waals surface area contributed by atoms with Gasteiger partial charge in [-0.1, -0.05) is 50.7 Å². The number of ether oxygens (including phenoxy) is 1. The minimum absolute atomic E-state index is 0.318. The molecule has 6 heteroatoms. The summed E-state index contributed by atoms with van der Waals surface area (Å²) in [6.45, 7) is 0. The fourth-order valence-electron chi connectivity index (χ4n) is 1.37. The van der Waals surface area contributed by atoms with Crippen LogP contribution in [0.5, 0.6) is 11.5 Å². The molecular weight excluding hydrogens is 372 g/mol. The first-order valence-electron chi connectivity index (χ1n) is 5.03. The maximum atomic E-state index is 9.03. The molecule has 0 spiro atoms. The summed E-state index contributed by atoms with van der Waals surface area (Å²) in [4.78, 5) is 0. The van der Waals surface area contributed by atoms with Crippen molar-refractivity contribution < 1.29 is 4.74 Å². The molecule has 2 rings (SSSR count). The fourth-order valence-corrected chi connectivity index (χ4v) is 2.29. The van der Waals surface area contributed by atoms with E-state index < -0.39 is 0 Å². The number of rotatable bonds is 2. The van der Waals surface area contributed by atoms with Crippen molar-refractivity contribution in [1.29, 1.82) is 5.26 Å². The molecule has 0 unspecified atom stereocenters. The lowest BCUT2D eigenvalue weighted by Gasteiger charge is -2.10. The third-order valence-corrected chi connectivity index (χ3v) is 3.77. The van der Waals surface area contributed by atoms with Gasteiger partial charge in [-0.05, 0) is 24.3 Å². The standard InChI is InChI=1S/C13H5BrCl3NO/c14-8-2-1-7(6-18)12(3-8)19-13-5-10(16)9(15)4-11(13)17/h1-5H. The molecule has 0 atom stereocenters. The summed E-state index contributed by atoms with van der Waals surface area (Å²) in [5, 5.41) is 10.0. The zero-order valence-electron chi connectivity index (χ0n) is 9.25. The molecule has 0 saturated carbocycles. The lowest BCUT2D eigenvalue weighted by atomic mass is 10.2. The first kappa shape index (κ1) is 14.5. The summed E-state index contributed by atoms with van der Waals surface area (Å²) in [5.74, 6) is 0.725. The highest BCUT2D eigenvalue weighted by atomic mass is 79.9. The normalized spacial score (nSPS) is 10.1. The molecule has 2 aromatic rings. The van der Waals surface area contributed by atoms with Crippen LogP contribution < -0.4 is 4.74 Å². The lowest BCUT2D eigenvalue weighted by molar-refractivity contribution is 0.481. The van der Waals surface area contributed by atoms with Gasteiger partial charge in [-0.25, -0.2) is 0 Å². The first-order chi connectivity index (χ1) is 9.01. The van der Waals surface area contributed by atoms with Crippen LogP contribution in [0.2, 0.25) is 15.1 Å². The third kappa shape index (κ3) is 3.34. The van der Waals surface area contributed by atoms with Crippen LogP contribution in [0.15, 0.2) is 34.8 Å². The van der Waals surface area contributed by atoms with Gasteiger partial charge in [-0.15, -0.1) is 0 Å². The summed E-state index contributed by atoms with van der Waals surface area (Å²) < 4.78 is 6.41. The van der Waals surface area contributed by atoms with Crippen molar-refractivity contribution in [3.8, 4) is 17.6 Å². The van der Waals surface area contributed by atoms with Crippen LogP contribution in [0.25, 0.3) is 0 Å². The summed E-state index contributed by atoms with van der Waals surface area (Å²) in [5.41, 5.74) is 0.394. The molecule has 0 amide bonds. The highest BCUT2D eigenvalue weighted by molar-refractivity contribution is 9.10. The van der Waals surface area contributed by atoms with Crippen LogP contribution >= 0.6 is 50.7 Å².